The zero-order chi connectivity index (χ0) is 43.7. The molecule has 310 valence electrons. The van der Waals surface area contributed by atoms with Gasteiger partial charge in [-0.2, -0.15) is 0 Å². The third-order valence-electron chi connectivity index (χ3n) is 14.3. The van der Waals surface area contributed by atoms with E-state index in [0.29, 0.717) is 0 Å². The number of anilines is 3. The van der Waals surface area contributed by atoms with Gasteiger partial charge in [0.1, 0.15) is 5.58 Å². The predicted molar refractivity (Wildman–Crippen MR) is 271 cm³/mol. The van der Waals surface area contributed by atoms with Crippen LogP contribution in [-0.4, -0.2) is 0 Å². The maximum absolute atomic E-state index is 5.85. The van der Waals surface area contributed by atoms with Crippen molar-refractivity contribution in [3.63, 3.8) is 0 Å². The van der Waals surface area contributed by atoms with E-state index in [4.69, 9.17) is 4.42 Å². The second-order valence-corrected chi connectivity index (χ2v) is 17.5. The number of rotatable bonds is 8. The van der Waals surface area contributed by atoms with Gasteiger partial charge in [-0.25, -0.2) is 0 Å². The van der Waals surface area contributed by atoms with Crippen LogP contribution in [0.4, 0.5) is 17.1 Å². The molecule has 10 aromatic carbocycles. The van der Waals surface area contributed by atoms with Gasteiger partial charge in [0.15, 0.2) is 0 Å². The van der Waals surface area contributed by atoms with Gasteiger partial charge < -0.3 is 9.32 Å². The summed E-state index contributed by atoms with van der Waals surface area (Å²) < 4.78 is 5.85. The van der Waals surface area contributed by atoms with Crippen molar-refractivity contribution < 1.29 is 4.42 Å². The van der Waals surface area contributed by atoms with Crippen LogP contribution in [0.5, 0.6) is 0 Å². The number of hydrogen-bond acceptors (Lipinski definition) is 2. The summed E-state index contributed by atoms with van der Waals surface area (Å²) >= 11 is 0. The number of hydrogen-bond donors (Lipinski definition) is 0. The maximum Gasteiger partial charge on any atom is 0.134 e. The summed E-state index contributed by atoms with van der Waals surface area (Å²) in [6, 6.07) is 94.2. The molecule has 0 N–H and O–H groups in total. The Hall–Kier alpha value is -8.46. The third kappa shape index (κ3) is 5.49. The summed E-state index contributed by atoms with van der Waals surface area (Å²) in [5, 5.41) is 1.10. The predicted octanol–water partition coefficient (Wildman–Crippen LogP) is 16.3. The van der Waals surface area contributed by atoms with Crippen LogP contribution in [0.25, 0.3) is 44.3 Å². The van der Waals surface area contributed by atoms with Crippen LogP contribution < -0.4 is 4.90 Å². The number of benzene rings is 10. The smallest absolute Gasteiger partial charge is 0.134 e. The average Bonchev–Trinajstić information content (AvgIpc) is 4.08. The van der Waals surface area contributed by atoms with Crippen LogP contribution in [0.2, 0.25) is 0 Å². The highest BCUT2D eigenvalue weighted by molar-refractivity contribution is 5.96. The molecule has 0 saturated carbocycles. The van der Waals surface area contributed by atoms with Crippen molar-refractivity contribution >= 4 is 28.0 Å². The van der Waals surface area contributed by atoms with E-state index in [1.165, 1.54) is 66.8 Å². The Morgan fingerprint density at radius 2 is 0.803 bits per heavy atom. The molecule has 0 radical (unpaired) electrons. The van der Waals surface area contributed by atoms with E-state index in [2.05, 4.69) is 254 Å². The molecule has 0 spiro atoms. The Morgan fingerprint density at radius 1 is 0.318 bits per heavy atom. The van der Waals surface area contributed by atoms with Crippen LogP contribution >= 0.6 is 0 Å². The molecule has 2 aliphatic rings. The molecular formula is C64H43NO. The van der Waals surface area contributed by atoms with Gasteiger partial charge in [0, 0.05) is 22.3 Å². The minimum atomic E-state index is -0.619. The van der Waals surface area contributed by atoms with Crippen molar-refractivity contribution in [3.05, 3.63) is 306 Å². The number of furan rings is 1. The number of nitrogens with zero attached hydrogens (tertiary/aromatic N) is 1. The van der Waals surface area contributed by atoms with E-state index >= 15 is 0 Å². The van der Waals surface area contributed by atoms with Crippen molar-refractivity contribution in [2.75, 3.05) is 4.90 Å². The van der Waals surface area contributed by atoms with Crippen LogP contribution in [0.1, 0.15) is 44.5 Å². The summed E-state index contributed by atoms with van der Waals surface area (Å²) in [5.41, 5.74) is 20.3. The highest BCUT2D eigenvalue weighted by Crippen LogP contribution is 2.61. The fourth-order valence-electron chi connectivity index (χ4n) is 11.6. The van der Waals surface area contributed by atoms with Gasteiger partial charge in [0.05, 0.1) is 22.8 Å². The van der Waals surface area contributed by atoms with Gasteiger partial charge in [-0.05, 0) is 115 Å². The van der Waals surface area contributed by atoms with E-state index in [-0.39, 0.29) is 0 Å². The van der Waals surface area contributed by atoms with Gasteiger partial charge in [0.25, 0.3) is 0 Å². The average molecular weight is 842 g/mol. The Balaban J connectivity index is 1.11. The van der Waals surface area contributed by atoms with E-state index in [1.807, 2.05) is 6.07 Å². The third-order valence-corrected chi connectivity index (χ3v) is 14.3. The molecular weight excluding hydrogens is 799 g/mol. The van der Waals surface area contributed by atoms with Gasteiger partial charge in [-0.1, -0.05) is 212 Å². The molecule has 0 aliphatic heterocycles. The first-order valence-corrected chi connectivity index (χ1v) is 22.8. The van der Waals surface area contributed by atoms with Crippen LogP contribution in [0, 0.1) is 0 Å². The SMILES string of the molecule is c1ccc(C2(c3ccccc3)c3ccccc3-c3ccc(N(c4ccc(-c5ccc6ccoc6c5)cc4)c4cccc5c4C(c4ccccc4)(c4ccccc4)c4ccccc4-5)cc32)cc1. The fraction of sp³-hybridized carbons (Fsp3) is 0.0312. The molecule has 13 rings (SSSR count). The number of fused-ring (bicyclic) bond motifs is 7. The topological polar surface area (TPSA) is 16.4 Å². The Morgan fingerprint density at radius 3 is 1.42 bits per heavy atom. The van der Waals surface area contributed by atoms with Crippen LogP contribution in [0.15, 0.2) is 265 Å². The molecule has 0 amide bonds. The quantitative estimate of drug-likeness (QED) is 0.152. The summed E-state index contributed by atoms with van der Waals surface area (Å²) in [7, 11) is 0. The molecule has 11 aromatic rings. The second-order valence-electron chi connectivity index (χ2n) is 17.5. The second kappa shape index (κ2) is 15.1. The first-order valence-electron chi connectivity index (χ1n) is 22.8. The Labute approximate surface area is 385 Å². The zero-order valence-corrected chi connectivity index (χ0v) is 36.2. The Bertz CT molecular complexity index is 3490. The molecule has 2 aliphatic carbocycles. The lowest BCUT2D eigenvalue weighted by Crippen LogP contribution is -2.31. The standard InChI is InChI=1S/C64H43NO/c1-5-18-47(19-6-1)63(48-20-7-2-8-21-48)57-29-15-13-26-53(57)55-39-38-52(43-59(55)63)65(51-36-34-44(35-37-51)46-33-32-45-40-41-66-61(45)42-46)60-31-17-28-56-54-27-14-16-30-58(54)64(62(56)60,49-22-9-3-10-23-49)50-24-11-4-12-25-50/h1-43H. The molecule has 0 bridgehead atoms. The van der Waals surface area contributed by atoms with Crippen LogP contribution in [-0.2, 0) is 10.8 Å². The highest BCUT2D eigenvalue weighted by atomic mass is 16.3. The normalized spacial score (nSPS) is 13.7. The first-order chi connectivity index (χ1) is 32.7. The first kappa shape index (κ1) is 38.0. The minimum absolute atomic E-state index is 0.558. The minimum Gasteiger partial charge on any atom is -0.464 e. The van der Waals surface area contributed by atoms with E-state index in [1.54, 1.807) is 6.26 Å². The molecule has 66 heavy (non-hydrogen) atoms. The molecule has 0 atom stereocenters. The largest absolute Gasteiger partial charge is 0.464 e. The highest BCUT2D eigenvalue weighted by Gasteiger charge is 2.49. The molecule has 2 nitrogen and oxygen atoms in total. The van der Waals surface area contributed by atoms with E-state index < -0.39 is 10.8 Å². The molecule has 0 saturated heterocycles. The molecule has 0 unspecified atom stereocenters. The monoisotopic (exact) mass is 841 g/mol. The van der Waals surface area contributed by atoms with Gasteiger partial charge in [-0.3, -0.25) is 0 Å². The van der Waals surface area contributed by atoms with E-state index in [9.17, 15) is 0 Å². The van der Waals surface area contributed by atoms with Gasteiger partial charge in [-0.15, -0.1) is 0 Å². The summed E-state index contributed by atoms with van der Waals surface area (Å²) in [4.78, 5) is 2.52. The molecule has 0 fully saturated rings. The van der Waals surface area contributed by atoms with Gasteiger partial charge >= 0.3 is 0 Å². The lowest BCUT2D eigenvalue weighted by atomic mass is 9.67. The molecule has 1 aromatic heterocycles. The van der Waals surface area contributed by atoms with Crippen molar-refractivity contribution in [3.8, 4) is 33.4 Å². The molecule has 2 heteroatoms. The summed E-state index contributed by atoms with van der Waals surface area (Å²) in [6.45, 7) is 0. The lowest BCUT2D eigenvalue weighted by Gasteiger charge is -2.38. The van der Waals surface area contributed by atoms with Crippen molar-refractivity contribution in [1.29, 1.82) is 0 Å². The lowest BCUT2D eigenvalue weighted by molar-refractivity contribution is 0.616. The van der Waals surface area contributed by atoms with Crippen LogP contribution in [0.3, 0.4) is 0 Å². The van der Waals surface area contributed by atoms with Crippen molar-refractivity contribution in [2.24, 2.45) is 0 Å². The van der Waals surface area contributed by atoms with Crippen molar-refractivity contribution in [1.82, 2.24) is 0 Å². The maximum atomic E-state index is 5.85. The van der Waals surface area contributed by atoms with Gasteiger partial charge in [0.2, 0.25) is 0 Å². The summed E-state index contributed by atoms with van der Waals surface area (Å²) in [5.74, 6) is 0. The summed E-state index contributed by atoms with van der Waals surface area (Å²) in [6.07, 6.45) is 1.76. The fourth-order valence-corrected chi connectivity index (χ4v) is 11.6. The van der Waals surface area contributed by atoms with Crippen molar-refractivity contribution in [2.45, 2.75) is 10.8 Å². The van der Waals surface area contributed by atoms with E-state index in [0.717, 1.165) is 39.2 Å². The molecule has 1 heterocycles. The Kier molecular flexibility index (Phi) is 8.69. The zero-order valence-electron chi connectivity index (χ0n) is 36.2.